The number of nitrogens with zero attached hydrogens (tertiary/aromatic N) is 2. The lowest BCUT2D eigenvalue weighted by molar-refractivity contribution is -0.129. The van der Waals surface area contributed by atoms with Crippen LogP contribution in [0.4, 0.5) is 0 Å². The van der Waals surface area contributed by atoms with Gasteiger partial charge in [-0.2, -0.15) is 4.98 Å². The smallest absolute Gasteiger partial charge is 0.246 e. The van der Waals surface area contributed by atoms with E-state index in [-0.39, 0.29) is 12.5 Å². The highest BCUT2D eigenvalue weighted by atomic mass is 16.5. The van der Waals surface area contributed by atoms with Gasteiger partial charge in [-0.15, -0.1) is 0 Å². The molecular weight excluding hydrogens is 298 g/mol. The second kappa shape index (κ2) is 6.78. The Morgan fingerprint density at radius 2 is 2.13 bits per heavy atom. The van der Waals surface area contributed by atoms with Crippen LogP contribution in [0, 0.1) is 0 Å². The van der Waals surface area contributed by atoms with Crippen molar-refractivity contribution in [2.45, 2.75) is 31.4 Å². The third-order valence-corrected chi connectivity index (χ3v) is 4.04. The molecule has 0 atom stereocenters. The molecule has 0 aliphatic heterocycles. The molecule has 1 heterocycles. The molecule has 23 heavy (non-hydrogen) atoms. The van der Waals surface area contributed by atoms with E-state index in [2.05, 4.69) is 15.5 Å². The molecule has 0 bridgehead atoms. The third kappa shape index (κ3) is 3.50. The molecule has 1 N–H and O–H groups in total. The predicted octanol–water partition coefficient (Wildman–Crippen LogP) is 1.79. The number of ether oxygens (including phenoxy) is 2. The summed E-state index contributed by atoms with van der Waals surface area (Å²) in [5.74, 6) is 1.15. The fourth-order valence-corrected chi connectivity index (χ4v) is 2.60. The second-order valence-electron chi connectivity index (χ2n) is 5.58. The summed E-state index contributed by atoms with van der Waals surface area (Å²) in [7, 11) is 1.62. The molecule has 0 unspecified atom stereocenters. The minimum Gasteiger partial charge on any atom is -0.497 e. The molecule has 1 aromatic heterocycles. The van der Waals surface area contributed by atoms with Gasteiger partial charge in [0.05, 0.1) is 13.7 Å². The largest absolute Gasteiger partial charge is 0.497 e. The molecule has 1 amide bonds. The van der Waals surface area contributed by atoms with Crippen molar-refractivity contribution >= 4 is 5.91 Å². The average molecular weight is 317 g/mol. The van der Waals surface area contributed by atoms with Gasteiger partial charge in [-0.1, -0.05) is 17.3 Å². The van der Waals surface area contributed by atoms with Crippen LogP contribution in [0.1, 0.15) is 30.7 Å². The van der Waals surface area contributed by atoms with Crippen LogP contribution in [0.3, 0.4) is 0 Å². The first-order valence-corrected chi connectivity index (χ1v) is 7.50. The van der Waals surface area contributed by atoms with E-state index in [1.54, 1.807) is 7.11 Å². The van der Waals surface area contributed by atoms with Gasteiger partial charge >= 0.3 is 0 Å². The van der Waals surface area contributed by atoms with E-state index in [4.69, 9.17) is 14.0 Å². The minimum absolute atomic E-state index is 0.00830. The Morgan fingerprint density at radius 3 is 2.70 bits per heavy atom. The van der Waals surface area contributed by atoms with Crippen molar-refractivity contribution in [3.05, 3.63) is 42.0 Å². The van der Waals surface area contributed by atoms with Crippen molar-refractivity contribution in [1.29, 1.82) is 0 Å². The van der Waals surface area contributed by atoms with Gasteiger partial charge in [-0.3, -0.25) is 4.79 Å². The number of hydrogen-bond acceptors (Lipinski definition) is 6. The van der Waals surface area contributed by atoms with E-state index in [0.29, 0.717) is 12.4 Å². The van der Waals surface area contributed by atoms with Crippen molar-refractivity contribution in [3.8, 4) is 5.75 Å². The highest BCUT2D eigenvalue weighted by molar-refractivity contribution is 5.78. The SMILES string of the molecule is COc1ccc(COCC(=O)NC2(c3ncon3)CCC2)cc1. The number of carbonyl (C=O) groups is 1. The summed E-state index contributed by atoms with van der Waals surface area (Å²) in [5, 5.41) is 6.82. The summed E-state index contributed by atoms with van der Waals surface area (Å²) in [6, 6.07) is 7.53. The normalized spacial score (nSPS) is 15.7. The zero-order valence-corrected chi connectivity index (χ0v) is 12.9. The molecule has 1 aliphatic rings. The molecule has 0 saturated heterocycles. The highest BCUT2D eigenvalue weighted by Gasteiger charge is 2.43. The van der Waals surface area contributed by atoms with Crippen LogP contribution in [-0.4, -0.2) is 29.8 Å². The van der Waals surface area contributed by atoms with Crippen LogP contribution >= 0.6 is 0 Å². The lowest BCUT2D eigenvalue weighted by Gasteiger charge is -2.39. The minimum atomic E-state index is -0.493. The zero-order chi connectivity index (χ0) is 16.1. The molecule has 7 nitrogen and oxygen atoms in total. The zero-order valence-electron chi connectivity index (χ0n) is 12.9. The van der Waals surface area contributed by atoms with Gasteiger partial charge in [0, 0.05) is 0 Å². The number of nitrogens with one attached hydrogen (secondary N) is 1. The summed E-state index contributed by atoms with van der Waals surface area (Å²) in [6.07, 6.45) is 3.94. The van der Waals surface area contributed by atoms with E-state index in [1.807, 2.05) is 24.3 Å². The molecule has 1 aliphatic carbocycles. The van der Waals surface area contributed by atoms with Gasteiger partial charge in [-0.05, 0) is 37.0 Å². The number of rotatable bonds is 7. The Morgan fingerprint density at radius 1 is 1.35 bits per heavy atom. The van der Waals surface area contributed by atoms with E-state index < -0.39 is 5.54 Å². The Kier molecular flexibility index (Phi) is 4.57. The van der Waals surface area contributed by atoms with Crippen LogP contribution < -0.4 is 10.1 Å². The summed E-state index contributed by atoms with van der Waals surface area (Å²) in [6.45, 7) is 0.359. The number of hydrogen-bond donors (Lipinski definition) is 1. The third-order valence-electron chi connectivity index (χ3n) is 4.04. The lowest BCUT2D eigenvalue weighted by Crippen LogP contribution is -2.52. The van der Waals surface area contributed by atoms with Gasteiger partial charge < -0.3 is 19.3 Å². The maximum absolute atomic E-state index is 12.1. The van der Waals surface area contributed by atoms with Crippen molar-refractivity contribution in [1.82, 2.24) is 15.5 Å². The van der Waals surface area contributed by atoms with Crippen LogP contribution in [0.25, 0.3) is 0 Å². The van der Waals surface area contributed by atoms with Crippen LogP contribution in [0.15, 0.2) is 35.2 Å². The van der Waals surface area contributed by atoms with Crippen LogP contribution in [-0.2, 0) is 21.7 Å². The monoisotopic (exact) mass is 317 g/mol. The molecule has 7 heteroatoms. The van der Waals surface area contributed by atoms with Crippen molar-refractivity contribution in [2.75, 3.05) is 13.7 Å². The van der Waals surface area contributed by atoms with Crippen molar-refractivity contribution in [3.63, 3.8) is 0 Å². The summed E-state index contributed by atoms with van der Waals surface area (Å²) >= 11 is 0. The molecule has 1 aromatic carbocycles. The maximum Gasteiger partial charge on any atom is 0.246 e. The number of benzene rings is 1. The summed E-state index contributed by atoms with van der Waals surface area (Å²) in [5.41, 5.74) is 0.489. The van der Waals surface area contributed by atoms with Crippen LogP contribution in [0.2, 0.25) is 0 Å². The molecule has 2 aromatic rings. The molecule has 0 radical (unpaired) electrons. The average Bonchev–Trinajstić information content (AvgIpc) is 3.06. The van der Waals surface area contributed by atoms with Gasteiger partial charge in [0.2, 0.25) is 12.3 Å². The Balaban J connectivity index is 1.47. The van der Waals surface area contributed by atoms with Crippen LogP contribution in [0.5, 0.6) is 5.75 Å². The molecule has 1 saturated carbocycles. The fraction of sp³-hybridized carbons (Fsp3) is 0.438. The molecule has 0 spiro atoms. The standard InChI is InChI=1S/C16H19N3O4/c1-21-13-5-3-12(4-6-13)9-22-10-14(20)18-16(7-2-8-16)15-17-11-23-19-15/h3-6,11H,2,7-10H2,1H3,(H,18,20). The number of methoxy groups -OCH3 is 1. The van der Waals surface area contributed by atoms with Gasteiger partial charge in [0.1, 0.15) is 17.9 Å². The second-order valence-corrected chi connectivity index (χ2v) is 5.58. The Labute approximate surface area is 134 Å². The van der Waals surface area contributed by atoms with E-state index in [0.717, 1.165) is 30.6 Å². The van der Waals surface area contributed by atoms with E-state index in [9.17, 15) is 4.79 Å². The number of aromatic nitrogens is 2. The number of amides is 1. The topological polar surface area (TPSA) is 86.5 Å². The first-order valence-electron chi connectivity index (χ1n) is 7.50. The maximum atomic E-state index is 12.1. The van der Waals surface area contributed by atoms with E-state index >= 15 is 0 Å². The van der Waals surface area contributed by atoms with Crippen molar-refractivity contribution < 1.29 is 18.8 Å². The summed E-state index contributed by atoms with van der Waals surface area (Å²) in [4.78, 5) is 16.2. The summed E-state index contributed by atoms with van der Waals surface area (Å²) < 4.78 is 15.3. The first kappa shape index (κ1) is 15.5. The molecule has 1 fully saturated rings. The Bertz CT molecular complexity index is 636. The number of carbonyl (C=O) groups excluding carboxylic acids is 1. The first-order chi connectivity index (χ1) is 11.2. The molecular formula is C16H19N3O4. The predicted molar refractivity (Wildman–Crippen MR) is 80.6 cm³/mol. The molecule has 3 rings (SSSR count). The van der Waals surface area contributed by atoms with Gasteiger partial charge in [-0.25, -0.2) is 0 Å². The molecule has 122 valence electrons. The van der Waals surface area contributed by atoms with Gasteiger partial charge in [0.15, 0.2) is 5.82 Å². The Hall–Kier alpha value is -2.41. The van der Waals surface area contributed by atoms with Gasteiger partial charge in [0.25, 0.3) is 0 Å². The fourth-order valence-electron chi connectivity index (χ4n) is 2.60. The van der Waals surface area contributed by atoms with E-state index in [1.165, 1.54) is 6.39 Å². The quantitative estimate of drug-likeness (QED) is 0.838. The van der Waals surface area contributed by atoms with Crippen molar-refractivity contribution in [2.24, 2.45) is 0 Å². The highest BCUT2D eigenvalue weighted by Crippen LogP contribution is 2.39. The lowest BCUT2D eigenvalue weighted by atomic mass is 9.76.